The molecular weight excluding hydrogens is 690 g/mol. The Bertz CT molecular complexity index is 2140. The fourth-order valence-electron chi connectivity index (χ4n) is 6.67. The predicted octanol–water partition coefficient (Wildman–Crippen LogP) is 4.28. The van der Waals surface area contributed by atoms with Crippen molar-refractivity contribution in [2.75, 3.05) is 31.6 Å². The zero-order chi connectivity index (χ0) is 35.5. The maximum atomic E-state index is 16.5. The minimum atomic E-state index is -4.65. The number of nitrogens with zero attached hydrogens (tertiary/aromatic N) is 6. The van der Waals surface area contributed by atoms with E-state index in [-0.39, 0.29) is 58.0 Å². The Labute approximate surface area is 285 Å². The Morgan fingerprint density at radius 3 is 2.72 bits per heavy atom. The summed E-state index contributed by atoms with van der Waals surface area (Å²) >= 11 is 6.09. The lowest BCUT2D eigenvalue weighted by molar-refractivity contribution is -0.143. The molecule has 7 rings (SSSR count). The van der Waals surface area contributed by atoms with Gasteiger partial charge in [-0.05, 0) is 49.2 Å². The van der Waals surface area contributed by atoms with Crippen LogP contribution in [0.25, 0.3) is 11.4 Å². The minimum absolute atomic E-state index is 0.0500. The summed E-state index contributed by atoms with van der Waals surface area (Å²) in [5.41, 5.74) is -3.16. The van der Waals surface area contributed by atoms with Gasteiger partial charge in [-0.2, -0.15) is 22.7 Å². The second-order valence-corrected chi connectivity index (χ2v) is 12.5. The molecule has 262 valence electrons. The van der Waals surface area contributed by atoms with Crippen LogP contribution >= 0.6 is 11.6 Å². The van der Waals surface area contributed by atoms with Crippen molar-refractivity contribution in [3.05, 3.63) is 86.3 Å². The average molecular weight is 718 g/mol. The first kappa shape index (κ1) is 33.6. The highest BCUT2D eigenvalue weighted by atomic mass is 35.5. The van der Waals surface area contributed by atoms with E-state index in [2.05, 4.69) is 20.4 Å². The molecule has 3 aliphatic rings. The zero-order valence-electron chi connectivity index (χ0n) is 26.2. The molecule has 0 unspecified atom stereocenters. The number of anilines is 1. The summed E-state index contributed by atoms with van der Waals surface area (Å²) in [7, 11) is 0. The van der Waals surface area contributed by atoms with Gasteiger partial charge in [0.05, 0.1) is 53.4 Å². The molecule has 50 heavy (non-hydrogen) atoms. The standard InChI is InChI=1S/C32H28ClF4N7O6/c1-16-26-24(31(50-16)8-10-42(14-22(31)34)29(48)25-21(45)3-2-9-38-25)28(47)44-30(40-27(41-44)17-6-11-49-12-7-17)43(26)15-23(46)39-20-5-4-18(13-19(20)33)32(35,36)37/h2-6,9,13,16,22,45H,7-8,10-12,14-15H2,1H3,(H,39,46)/t16-,22-,31+/m1/s1. The number of ether oxygens (including phenoxy) is 2. The topological polar surface area (TPSA) is 153 Å². The fourth-order valence-corrected chi connectivity index (χ4v) is 6.90. The summed E-state index contributed by atoms with van der Waals surface area (Å²) < 4.78 is 70.1. The molecule has 1 fully saturated rings. The van der Waals surface area contributed by atoms with E-state index in [0.29, 0.717) is 31.3 Å². The Morgan fingerprint density at radius 1 is 1.24 bits per heavy atom. The van der Waals surface area contributed by atoms with Crippen molar-refractivity contribution in [1.29, 1.82) is 0 Å². The summed E-state index contributed by atoms with van der Waals surface area (Å²) in [5, 5.41) is 16.7. The Hall–Kier alpha value is -4.87. The van der Waals surface area contributed by atoms with Crippen LogP contribution in [0.2, 0.25) is 5.02 Å². The maximum absolute atomic E-state index is 16.5. The van der Waals surface area contributed by atoms with Crippen molar-refractivity contribution in [2.24, 2.45) is 0 Å². The van der Waals surface area contributed by atoms with Crippen molar-refractivity contribution in [2.45, 2.75) is 50.4 Å². The molecule has 2 amide bonds. The normalized spacial score (nSPS) is 22.1. The van der Waals surface area contributed by atoms with E-state index in [4.69, 9.17) is 21.1 Å². The monoisotopic (exact) mass is 717 g/mol. The third kappa shape index (κ3) is 5.68. The van der Waals surface area contributed by atoms with Crippen LogP contribution in [0.15, 0.2) is 47.4 Å². The molecule has 0 saturated carbocycles. The molecule has 3 atom stereocenters. The number of hydrogen-bond acceptors (Lipinski definition) is 9. The maximum Gasteiger partial charge on any atom is 0.416 e. The number of pyridine rings is 1. The first-order chi connectivity index (χ1) is 23.8. The lowest BCUT2D eigenvalue weighted by Gasteiger charge is -2.41. The van der Waals surface area contributed by atoms with Crippen molar-refractivity contribution >= 4 is 40.5 Å². The number of benzene rings is 1. The van der Waals surface area contributed by atoms with Gasteiger partial charge < -0.3 is 29.4 Å². The van der Waals surface area contributed by atoms with Gasteiger partial charge in [-0.15, -0.1) is 5.10 Å². The van der Waals surface area contributed by atoms with Gasteiger partial charge in [-0.1, -0.05) is 17.7 Å². The minimum Gasteiger partial charge on any atom is -0.505 e. The van der Waals surface area contributed by atoms with Crippen LogP contribution in [0.3, 0.4) is 0 Å². The molecule has 4 aromatic rings. The summed E-state index contributed by atoms with van der Waals surface area (Å²) in [6.07, 6.45) is -4.17. The number of aromatic nitrogens is 5. The number of carbonyl (C=O) groups is 2. The van der Waals surface area contributed by atoms with Crippen molar-refractivity contribution in [1.82, 2.24) is 29.0 Å². The van der Waals surface area contributed by atoms with Crippen LogP contribution in [0.5, 0.6) is 5.75 Å². The molecule has 13 nitrogen and oxygen atoms in total. The molecule has 3 aromatic heterocycles. The van der Waals surface area contributed by atoms with Crippen LogP contribution < -0.4 is 10.9 Å². The van der Waals surface area contributed by atoms with Gasteiger partial charge in [0.25, 0.3) is 11.5 Å². The van der Waals surface area contributed by atoms with Crippen LogP contribution in [0, 0.1) is 0 Å². The van der Waals surface area contributed by atoms with E-state index in [1.807, 2.05) is 0 Å². The Balaban J connectivity index is 1.29. The molecule has 0 bridgehead atoms. The van der Waals surface area contributed by atoms with Crippen molar-refractivity contribution in [3.8, 4) is 5.75 Å². The van der Waals surface area contributed by atoms with E-state index in [9.17, 15) is 32.7 Å². The number of hydrogen-bond donors (Lipinski definition) is 2. The lowest BCUT2D eigenvalue weighted by atomic mass is 9.83. The van der Waals surface area contributed by atoms with Gasteiger partial charge in [-0.25, -0.2) is 9.37 Å². The van der Waals surface area contributed by atoms with E-state index < -0.39 is 60.1 Å². The van der Waals surface area contributed by atoms with Gasteiger partial charge in [0.15, 0.2) is 17.7 Å². The second kappa shape index (κ2) is 12.5. The molecule has 1 aromatic carbocycles. The van der Waals surface area contributed by atoms with Crippen LogP contribution in [0.1, 0.15) is 59.0 Å². The van der Waals surface area contributed by atoms with E-state index in [1.165, 1.54) is 27.8 Å². The van der Waals surface area contributed by atoms with Gasteiger partial charge in [0.1, 0.15) is 17.9 Å². The second-order valence-electron chi connectivity index (χ2n) is 12.1. The van der Waals surface area contributed by atoms with Crippen molar-refractivity contribution in [3.63, 3.8) is 0 Å². The zero-order valence-corrected chi connectivity index (χ0v) is 27.0. The Kier molecular flexibility index (Phi) is 8.39. The molecule has 3 aliphatic heterocycles. The van der Waals surface area contributed by atoms with E-state index in [0.717, 1.165) is 16.6 Å². The molecule has 0 radical (unpaired) electrons. The van der Waals surface area contributed by atoms with Crippen LogP contribution in [-0.4, -0.2) is 78.4 Å². The van der Waals surface area contributed by atoms with E-state index in [1.54, 1.807) is 13.0 Å². The fraction of sp³-hybridized carbons (Fsp3) is 0.375. The predicted molar refractivity (Wildman–Crippen MR) is 168 cm³/mol. The number of likely N-dealkylation sites (tertiary alicyclic amines) is 1. The summed E-state index contributed by atoms with van der Waals surface area (Å²) in [6.45, 7) is 1.17. The highest BCUT2D eigenvalue weighted by Crippen LogP contribution is 2.49. The molecule has 18 heteroatoms. The number of fused-ring (bicyclic) bond motifs is 3. The molecule has 1 saturated heterocycles. The van der Waals surface area contributed by atoms with Gasteiger partial charge in [0, 0.05) is 19.2 Å². The number of aromatic hydroxyl groups is 1. The third-order valence-electron chi connectivity index (χ3n) is 9.02. The largest absolute Gasteiger partial charge is 0.505 e. The molecule has 6 heterocycles. The summed E-state index contributed by atoms with van der Waals surface area (Å²) in [5.74, 6) is -1.67. The summed E-state index contributed by atoms with van der Waals surface area (Å²) in [6, 6.07) is 5.21. The first-order valence-electron chi connectivity index (χ1n) is 15.5. The van der Waals surface area contributed by atoms with E-state index >= 15 is 4.39 Å². The molecule has 2 N–H and O–H groups in total. The molecule has 1 spiro atoms. The number of nitrogens with one attached hydrogen (secondary N) is 1. The Morgan fingerprint density at radius 2 is 2.04 bits per heavy atom. The number of piperidine rings is 1. The first-order valence-corrected chi connectivity index (χ1v) is 15.9. The smallest absolute Gasteiger partial charge is 0.416 e. The number of rotatable bonds is 5. The van der Waals surface area contributed by atoms with Crippen LogP contribution in [-0.2, 0) is 32.6 Å². The average Bonchev–Trinajstić information content (AvgIpc) is 3.66. The quantitative estimate of drug-likeness (QED) is 0.288. The highest BCUT2D eigenvalue weighted by Gasteiger charge is 2.56. The summed E-state index contributed by atoms with van der Waals surface area (Å²) in [4.78, 5) is 50.6. The molecular formula is C32H28ClF4N7O6. The number of halogens is 5. The van der Waals surface area contributed by atoms with Crippen LogP contribution in [0.4, 0.5) is 23.2 Å². The highest BCUT2D eigenvalue weighted by molar-refractivity contribution is 6.33. The van der Waals surface area contributed by atoms with Gasteiger partial charge in [0.2, 0.25) is 11.7 Å². The van der Waals surface area contributed by atoms with Gasteiger partial charge in [-0.3, -0.25) is 14.4 Å². The van der Waals surface area contributed by atoms with Gasteiger partial charge >= 0.3 is 6.18 Å². The lowest BCUT2D eigenvalue weighted by Crippen LogP contribution is -2.55. The SMILES string of the molecule is C[C@H]1O[C@]2(CCN(C(=O)c3ncccc3O)C[C@H]2F)c2c1n(CC(=O)Nc1ccc(C(F)(F)F)cc1Cl)c1nc(C3=CCOCC3)nn1c2=O. The van der Waals surface area contributed by atoms with Crippen molar-refractivity contribution < 1.29 is 41.7 Å². The molecule has 0 aliphatic carbocycles. The number of carbonyl (C=O) groups excluding carboxylic acids is 2. The number of alkyl halides is 4. The third-order valence-corrected chi connectivity index (χ3v) is 9.33. The number of amides is 2.